The van der Waals surface area contributed by atoms with Crippen LogP contribution in [0, 0.1) is 10.1 Å². The Morgan fingerprint density at radius 2 is 2.15 bits per heavy atom. The van der Waals surface area contributed by atoms with E-state index in [4.69, 9.17) is 0 Å². The Kier molecular flexibility index (Phi) is 4.79. The number of likely N-dealkylation sites (tertiary alicyclic amines) is 1. The number of likely N-dealkylation sites (N-methyl/N-ethyl adjacent to an activating group) is 1. The molecule has 0 radical (unpaired) electrons. The number of nitro benzene ring substituents is 1. The molecule has 110 valence electrons. The Bertz CT molecular complexity index is 478. The first kappa shape index (κ1) is 14.6. The highest BCUT2D eigenvalue weighted by atomic mass is 16.6. The van der Waals surface area contributed by atoms with Gasteiger partial charge in [0.15, 0.2) is 0 Å². The number of rotatable bonds is 6. The molecule has 1 unspecified atom stereocenters. The smallest absolute Gasteiger partial charge is 0.273 e. The summed E-state index contributed by atoms with van der Waals surface area (Å²) in [5.41, 5.74) is 1.74. The predicted octanol–water partition coefficient (Wildman–Crippen LogP) is 2.53. The van der Waals surface area contributed by atoms with Crippen LogP contribution in [0.3, 0.4) is 0 Å². The van der Waals surface area contributed by atoms with Gasteiger partial charge in [0.1, 0.15) is 0 Å². The highest BCUT2D eigenvalue weighted by Gasteiger charge is 2.20. The molecule has 1 saturated heterocycles. The third kappa shape index (κ3) is 3.84. The summed E-state index contributed by atoms with van der Waals surface area (Å²) in [6, 6.07) is 5.50. The summed E-state index contributed by atoms with van der Waals surface area (Å²) in [6.45, 7) is 4.92. The molecule has 1 aromatic carbocycles. The molecule has 20 heavy (non-hydrogen) atoms. The zero-order valence-electron chi connectivity index (χ0n) is 12.1. The zero-order chi connectivity index (χ0) is 14.5. The molecule has 0 bridgehead atoms. The summed E-state index contributed by atoms with van der Waals surface area (Å²) in [5, 5.41) is 17.6. The number of nitrogens with zero attached hydrogens (tertiary/aromatic N) is 2. The maximum Gasteiger partial charge on any atom is 0.273 e. The van der Waals surface area contributed by atoms with Gasteiger partial charge in [0.25, 0.3) is 5.69 Å². The van der Waals surface area contributed by atoms with Gasteiger partial charge in [0, 0.05) is 42.6 Å². The molecule has 6 nitrogen and oxygen atoms in total. The molecule has 0 aliphatic carbocycles. The average Bonchev–Trinajstić information content (AvgIpc) is 2.81. The van der Waals surface area contributed by atoms with E-state index in [0.29, 0.717) is 6.04 Å². The van der Waals surface area contributed by atoms with E-state index < -0.39 is 0 Å². The van der Waals surface area contributed by atoms with E-state index in [0.717, 1.165) is 43.9 Å². The molecule has 1 aromatic rings. The van der Waals surface area contributed by atoms with Crippen LogP contribution in [0.2, 0.25) is 0 Å². The predicted molar refractivity (Wildman–Crippen MR) is 81.4 cm³/mol. The van der Waals surface area contributed by atoms with Crippen LogP contribution in [0.25, 0.3) is 0 Å². The number of nitro groups is 1. The lowest BCUT2D eigenvalue weighted by molar-refractivity contribution is -0.384. The van der Waals surface area contributed by atoms with Crippen LogP contribution in [0.5, 0.6) is 0 Å². The lowest BCUT2D eigenvalue weighted by atomic mass is 10.2. The summed E-state index contributed by atoms with van der Waals surface area (Å²) in [6.07, 6.45) is 2.05. The third-order valence-electron chi connectivity index (χ3n) is 3.47. The van der Waals surface area contributed by atoms with Crippen LogP contribution in [-0.4, -0.2) is 42.5 Å². The van der Waals surface area contributed by atoms with Crippen molar-refractivity contribution in [3.05, 3.63) is 28.3 Å². The molecule has 2 N–H and O–H groups in total. The summed E-state index contributed by atoms with van der Waals surface area (Å²) in [7, 11) is 2.09. The Balaban J connectivity index is 2.13. The number of anilines is 2. The molecule has 0 saturated carbocycles. The van der Waals surface area contributed by atoms with Crippen molar-refractivity contribution in [3.63, 3.8) is 0 Å². The number of hydrogen-bond donors (Lipinski definition) is 2. The second-order valence-corrected chi connectivity index (χ2v) is 5.34. The van der Waals surface area contributed by atoms with E-state index in [2.05, 4.69) is 29.5 Å². The Morgan fingerprint density at radius 3 is 2.75 bits per heavy atom. The molecule has 1 aliphatic heterocycles. The largest absolute Gasteiger partial charge is 0.385 e. The number of benzene rings is 1. The van der Waals surface area contributed by atoms with Gasteiger partial charge in [-0.05, 0) is 32.5 Å². The van der Waals surface area contributed by atoms with Crippen LogP contribution in [0.15, 0.2) is 18.2 Å². The van der Waals surface area contributed by atoms with Gasteiger partial charge in [-0.3, -0.25) is 10.1 Å². The van der Waals surface area contributed by atoms with E-state index in [9.17, 15) is 10.1 Å². The van der Waals surface area contributed by atoms with Gasteiger partial charge in [-0.25, -0.2) is 0 Å². The highest BCUT2D eigenvalue weighted by molar-refractivity contribution is 5.63. The summed E-state index contributed by atoms with van der Waals surface area (Å²) < 4.78 is 0. The minimum Gasteiger partial charge on any atom is -0.385 e. The molecule has 1 aliphatic rings. The first-order valence-electron chi connectivity index (χ1n) is 7.07. The van der Waals surface area contributed by atoms with Gasteiger partial charge >= 0.3 is 0 Å². The minimum atomic E-state index is -0.344. The van der Waals surface area contributed by atoms with Crippen LogP contribution in [0.1, 0.15) is 19.8 Å². The van der Waals surface area contributed by atoms with Crippen LogP contribution >= 0.6 is 0 Å². The Morgan fingerprint density at radius 1 is 1.40 bits per heavy atom. The second-order valence-electron chi connectivity index (χ2n) is 5.34. The van der Waals surface area contributed by atoms with Crippen molar-refractivity contribution in [1.29, 1.82) is 0 Å². The molecule has 0 spiro atoms. The first-order valence-corrected chi connectivity index (χ1v) is 7.07. The third-order valence-corrected chi connectivity index (χ3v) is 3.47. The number of nitrogens with one attached hydrogen (secondary N) is 2. The lowest BCUT2D eigenvalue weighted by Crippen LogP contribution is -2.23. The van der Waals surface area contributed by atoms with E-state index in [-0.39, 0.29) is 10.6 Å². The molecule has 2 rings (SSSR count). The zero-order valence-corrected chi connectivity index (χ0v) is 12.1. The van der Waals surface area contributed by atoms with Crippen molar-refractivity contribution >= 4 is 17.1 Å². The summed E-state index contributed by atoms with van der Waals surface area (Å²) in [5.74, 6) is 0. The molecule has 0 aromatic heterocycles. The quantitative estimate of drug-likeness (QED) is 0.618. The van der Waals surface area contributed by atoms with Gasteiger partial charge in [0.2, 0.25) is 0 Å². The summed E-state index contributed by atoms with van der Waals surface area (Å²) >= 11 is 0. The molecule has 1 fully saturated rings. The summed E-state index contributed by atoms with van der Waals surface area (Å²) in [4.78, 5) is 12.9. The van der Waals surface area contributed by atoms with Gasteiger partial charge < -0.3 is 15.5 Å². The van der Waals surface area contributed by atoms with Crippen molar-refractivity contribution in [2.24, 2.45) is 0 Å². The van der Waals surface area contributed by atoms with Gasteiger partial charge in [-0.15, -0.1) is 0 Å². The standard InChI is InChI=1S/C14H22N4O2/c1-3-5-15-12-7-13(9-14(8-12)18(19)20)16-11-4-6-17(2)10-11/h7-9,11,15-16H,3-6,10H2,1-2H3. The van der Waals surface area contributed by atoms with Crippen molar-refractivity contribution in [1.82, 2.24) is 4.90 Å². The van der Waals surface area contributed by atoms with E-state index in [1.54, 1.807) is 12.1 Å². The van der Waals surface area contributed by atoms with E-state index in [1.807, 2.05) is 6.07 Å². The van der Waals surface area contributed by atoms with Crippen molar-refractivity contribution in [2.45, 2.75) is 25.8 Å². The van der Waals surface area contributed by atoms with Crippen molar-refractivity contribution in [2.75, 3.05) is 37.3 Å². The fraction of sp³-hybridized carbons (Fsp3) is 0.571. The first-order chi connectivity index (χ1) is 9.58. The normalized spacial score (nSPS) is 19.0. The maximum atomic E-state index is 11.0. The topological polar surface area (TPSA) is 70.4 Å². The van der Waals surface area contributed by atoms with Gasteiger partial charge in [0.05, 0.1) is 4.92 Å². The molecule has 1 atom stereocenters. The fourth-order valence-corrected chi connectivity index (χ4v) is 2.46. The Labute approximate surface area is 119 Å². The van der Waals surface area contributed by atoms with E-state index in [1.165, 1.54) is 0 Å². The van der Waals surface area contributed by atoms with Gasteiger partial charge in [-0.2, -0.15) is 0 Å². The molecular weight excluding hydrogens is 256 g/mol. The average molecular weight is 278 g/mol. The SMILES string of the molecule is CCCNc1cc(NC2CCN(C)C2)cc([N+](=O)[O-])c1. The van der Waals surface area contributed by atoms with Gasteiger partial charge in [-0.1, -0.05) is 6.92 Å². The molecule has 0 amide bonds. The monoisotopic (exact) mass is 278 g/mol. The second kappa shape index (κ2) is 6.56. The van der Waals surface area contributed by atoms with Crippen LogP contribution in [0.4, 0.5) is 17.1 Å². The lowest BCUT2D eigenvalue weighted by Gasteiger charge is -2.15. The maximum absolute atomic E-state index is 11.0. The minimum absolute atomic E-state index is 0.125. The molecule has 6 heteroatoms. The van der Waals surface area contributed by atoms with Crippen molar-refractivity contribution in [3.8, 4) is 0 Å². The molecular formula is C14H22N4O2. The van der Waals surface area contributed by atoms with Crippen LogP contribution in [-0.2, 0) is 0 Å². The molecule has 1 heterocycles. The Hall–Kier alpha value is -1.82. The van der Waals surface area contributed by atoms with Crippen molar-refractivity contribution < 1.29 is 4.92 Å². The van der Waals surface area contributed by atoms with Crippen LogP contribution < -0.4 is 10.6 Å². The number of non-ortho nitro benzene ring substituents is 1. The fourth-order valence-electron chi connectivity index (χ4n) is 2.46. The number of hydrogen-bond acceptors (Lipinski definition) is 5. The highest BCUT2D eigenvalue weighted by Crippen LogP contribution is 2.26. The van der Waals surface area contributed by atoms with E-state index >= 15 is 0 Å².